The van der Waals surface area contributed by atoms with Crippen molar-refractivity contribution >= 4 is 17.8 Å². The highest BCUT2D eigenvalue weighted by Gasteiger charge is 2.16. The number of nitrogens with zero attached hydrogens (tertiary/aromatic N) is 1. The van der Waals surface area contributed by atoms with Crippen molar-refractivity contribution in [3.63, 3.8) is 0 Å². The molecular formula is C18H11FNO4-. The van der Waals surface area contributed by atoms with Gasteiger partial charge < -0.3 is 14.6 Å². The number of rotatable bonds is 6. The van der Waals surface area contributed by atoms with Crippen molar-refractivity contribution in [2.45, 2.75) is 0 Å². The second-order valence-electron chi connectivity index (χ2n) is 4.68. The minimum atomic E-state index is -1.41. The molecule has 0 aliphatic rings. The Kier molecular flexibility index (Phi) is 5.42. The van der Waals surface area contributed by atoms with E-state index in [9.17, 15) is 24.3 Å². The summed E-state index contributed by atoms with van der Waals surface area (Å²) in [4.78, 5) is 22.8. The van der Waals surface area contributed by atoms with Gasteiger partial charge in [-0.2, -0.15) is 5.26 Å². The van der Waals surface area contributed by atoms with Gasteiger partial charge in [0.25, 0.3) is 0 Å². The Hall–Kier alpha value is -3.46. The van der Waals surface area contributed by atoms with E-state index >= 15 is 0 Å². The third-order valence-corrected chi connectivity index (χ3v) is 3.05. The highest BCUT2D eigenvalue weighted by Crippen LogP contribution is 2.22. The van der Waals surface area contributed by atoms with E-state index in [0.29, 0.717) is 5.56 Å². The van der Waals surface area contributed by atoms with E-state index < -0.39 is 24.2 Å². The zero-order chi connectivity index (χ0) is 17.5. The maximum Gasteiger partial charge on any atom is 0.206 e. The van der Waals surface area contributed by atoms with E-state index in [4.69, 9.17) is 4.74 Å². The van der Waals surface area contributed by atoms with Crippen molar-refractivity contribution in [3.8, 4) is 11.8 Å². The number of halogens is 1. The summed E-state index contributed by atoms with van der Waals surface area (Å²) in [6.45, 7) is -0.673. The summed E-state index contributed by atoms with van der Waals surface area (Å²) in [5.74, 6) is -2.75. The van der Waals surface area contributed by atoms with Gasteiger partial charge in [0.1, 0.15) is 29.8 Å². The van der Waals surface area contributed by atoms with Crippen LogP contribution in [0.3, 0.4) is 0 Å². The van der Waals surface area contributed by atoms with E-state index in [2.05, 4.69) is 0 Å². The predicted octanol–water partition coefficient (Wildman–Crippen LogP) is 1.74. The molecule has 5 nitrogen and oxygen atoms in total. The Morgan fingerprint density at radius 3 is 2.50 bits per heavy atom. The molecule has 120 valence electrons. The zero-order valence-corrected chi connectivity index (χ0v) is 12.4. The normalized spacial score (nSPS) is 10.8. The van der Waals surface area contributed by atoms with Crippen LogP contribution in [-0.2, 0) is 4.79 Å². The number of hydrogen-bond donors (Lipinski definition) is 0. The molecule has 2 aromatic rings. The number of ketones is 1. The van der Waals surface area contributed by atoms with E-state index in [1.807, 2.05) is 0 Å². The molecule has 6 heteroatoms. The highest BCUT2D eigenvalue weighted by molar-refractivity contribution is 6.14. The molecule has 0 unspecified atom stereocenters. The lowest BCUT2D eigenvalue weighted by molar-refractivity contribution is -0.307. The molecule has 24 heavy (non-hydrogen) atoms. The number of carboxylic acid groups (broad SMARTS) is 1. The first kappa shape index (κ1) is 16.9. The average molecular weight is 324 g/mol. The molecule has 2 rings (SSSR count). The number of carbonyl (C=O) groups is 2. The van der Waals surface area contributed by atoms with Gasteiger partial charge in [0.2, 0.25) is 5.78 Å². The molecular weight excluding hydrogens is 313 g/mol. The van der Waals surface area contributed by atoms with Gasteiger partial charge in [-0.3, -0.25) is 4.79 Å². The quantitative estimate of drug-likeness (QED) is 0.459. The lowest BCUT2D eigenvalue weighted by atomic mass is 10.0. The van der Waals surface area contributed by atoms with Crippen molar-refractivity contribution < 1.29 is 23.8 Å². The van der Waals surface area contributed by atoms with Crippen LogP contribution >= 0.6 is 0 Å². The molecule has 0 amide bonds. The molecule has 0 atom stereocenters. The first-order valence-corrected chi connectivity index (χ1v) is 6.85. The van der Waals surface area contributed by atoms with Crippen LogP contribution in [0.4, 0.5) is 4.39 Å². The van der Waals surface area contributed by atoms with Crippen molar-refractivity contribution in [2.24, 2.45) is 0 Å². The van der Waals surface area contributed by atoms with E-state index in [-0.39, 0.29) is 16.9 Å². The second-order valence-corrected chi connectivity index (χ2v) is 4.68. The summed E-state index contributed by atoms with van der Waals surface area (Å²) in [5.41, 5.74) is -0.206. The molecule has 0 fully saturated rings. The highest BCUT2D eigenvalue weighted by atomic mass is 19.1. The summed E-state index contributed by atoms with van der Waals surface area (Å²) in [5, 5.41) is 19.7. The summed E-state index contributed by atoms with van der Waals surface area (Å²) in [6, 6.07) is 13.3. The zero-order valence-electron chi connectivity index (χ0n) is 12.4. The lowest BCUT2D eigenvalue weighted by Crippen LogP contribution is -2.29. The number of nitriles is 1. The van der Waals surface area contributed by atoms with Gasteiger partial charge in [-0.05, 0) is 24.3 Å². The Bertz CT molecular complexity index is 852. The van der Waals surface area contributed by atoms with Gasteiger partial charge in [-0.25, -0.2) is 4.39 Å². The van der Waals surface area contributed by atoms with E-state index in [1.54, 1.807) is 18.2 Å². The van der Waals surface area contributed by atoms with Crippen LogP contribution in [0.25, 0.3) is 6.08 Å². The van der Waals surface area contributed by atoms with Crippen molar-refractivity contribution in [2.75, 3.05) is 6.61 Å². The Morgan fingerprint density at radius 2 is 1.83 bits per heavy atom. The third-order valence-electron chi connectivity index (χ3n) is 3.05. The number of aliphatic carboxylic acids is 1. The first-order chi connectivity index (χ1) is 11.5. The van der Waals surface area contributed by atoms with Crippen LogP contribution in [0.1, 0.15) is 15.9 Å². The number of carbonyl (C=O) groups excluding carboxylic acids is 2. The fraction of sp³-hybridized carbons (Fsp3) is 0.0556. The number of Topliss-reactive ketones (excluding diaryl/α,β-unsaturated/α-hetero) is 1. The van der Waals surface area contributed by atoms with Gasteiger partial charge in [0.15, 0.2) is 0 Å². The third kappa shape index (κ3) is 4.05. The van der Waals surface area contributed by atoms with E-state index in [1.165, 1.54) is 36.4 Å². The molecule has 0 aliphatic carbocycles. The molecule has 0 aliphatic heterocycles. The molecule has 0 spiro atoms. The van der Waals surface area contributed by atoms with Crippen LogP contribution in [0.2, 0.25) is 0 Å². The van der Waals surface area contributed by atoms with Gasteiger partial charge in [-0.15, -0.1) is 0 Å². The monoisotopic (exact) mass is 324 g/mol. The topological polar surface area (TPSA) is 90.2 Å². The fourth-order valence-electron chi connectivity index (χ4n) is 1.96. The lowest BCUT2D eigenvalue weighted by Gasteiger charge is -2.10. The Morgan fingerprint density at radius 1 is 1.17 bits per heavy atom. The molecule has 0 radical (unpaired) electrons. The maximum absolute atomic E-state index is 13.7. The van der Waals surface area contributed by atoms with Crippen molar-refractivity contribution in [1.82, 2.24) is 0 Å². The standard InChI is InChI=1S/C18H12FNO4/c19-15-7-3-2-6-14(15)18(23)13(10-20)9-12-5-1-4-8-16(12)24-11-17(21)22/h1-9H,11H2,(H,21,22)/p-1/b13-9+. The van der Waals surface area contributed by atoms with Gasteiger partial charge >= 0.3 is 0 Å². The smallest absolute Gasteiger partial charge is 0.206 e. The number of benzene rings is 2. The number of allylic oxidation sites excluding steroid dienone is 1. The van der Waals surface area contributed by atoms with Gasteiger partial charge in [0, 0.05) is 5.56 Å². The van der Waals surface area contributed by atoms with Crippen LogP contribution in [0.5, 0.6) is 5.75 Å². The number of para-hydroxylation sites is 1. The minimum Gasteiger partial charge on any atom is -0.546 e. The number of carboxylic acids is 1. The van der Waals surface area contributed by atoms with Gasteiger partial charge in [-0.1, -0.05) is 30.3 Å². The molecule has 0 aromatic heterocycles. The Balaban J connectivity index is 2.38. The SMILES string of the molecule is N#C/C(=C\c1ccccc1OCC(=O)[O-])C(=O)c1ccccc1F. The molecule has 2 aromatic carbocycles. The van der Waals surface area contributed by atoms with Crippen LogP contribution in [0, 0.1) is 17.1 Å². The fourth-order valence-corrected chi connectivity index (χ4v) is 1.96. The predicted molar refractivity (Wildman–Crippen MR) is 81.3 cm³/mol. The van der Waals surface area contributed by atoms with Crippen LogP contribution < -0.4 is 9.84 Å². The molecule has 0 heterocycles. The van der Waals surface area contributed by atoms with E-state index in [0.717, 1.165) is 6.07 Å². The van der Waals surface area contributed by atoms with Crippen LogP contribution in [-0.4, -0.2) is 18.4 Å². The largest absolute Gasteiger partial charge is 0.546 e. The maximum atomic E-state index is 13.7. The minimum absolute atomic E-state index is 0.163. The van der Waals surface area contributed by atoms with Crippen LogP contribution in [0.15, 0.2) is 54.1 Å². The average Bonchev–Trinajstić information content (AvgIpc) is 2.58. The number of hydrogen-bond acceptors (Lipinski definition) is 5. The second kappa shape index (κ2) is 7.70. The number of ether oxygens (including phenoxy) is 1. The molecule has 0 saturated heterocycles. The molecule has 0 N–H and O–H groups in total. The molecule has 0 bridgehead atoms. The molecule has 0 saturated carbocycles. The van der Waals surface area contributed by atoms with Crippen molar-refractivity contribution in [1.29, 1.82) is 5.26 Å². The Labute approximate surface area is 137 Å². The van der Waals surface area contributed by atoms with Crippen molar-refractivity contribution in [3.05, 3.63) is 71.0 Å². The summed E-state index contributed by atoms with van der Waals surface area (Å²) >= 11 is 0. The summed E-state index contributed by atoms with van der Waals surface area (Å²) in [6.07, 6.45) is 1.22. The summed E-state index contributed by atoms with van der Waals surface area (Å²) < 4.78 is 18.8. The first-order valence-electron chi connectivity index (χ1n) is 6.85. The van der Waals surface area contributed by atoms with Gasteiger partial charge in [0.05, 0.1) is 11.5 Å². The summed E-state index contributed by atoms with van der Waals surface area (Å²) in [7, 11) is 0.